The molecule has 20 heavy (non-hydrogen) atoms. The van der Waals surface area contributed by atoms with Gasteiger partial charge in [-0.15, -0.1) is 0 Å². The second kappa shape index (κ2) is 4.58. The molecule has 2 aromatic rings. The molecule has 0 unspecified atom stereocenters. The fourth-order valence-corrected chi connectivity index (χ4v) is 2.73. The summed E-state index contributed by atoms with van der Waals surface area (Å²) in [5, 5.41) is 0. The first kappa shape index (κ1) is 13.1. The normalized spacial score (nSPS) is 21.2. The second-order valence-electron chi connectivity index (χ2n) is 5.52. The van der Waals surface area contributed by atoms with Crippen LogP contribution in [0.2, 0.25) is 0 Å². The molecule has 2 aromatic heterocycles. The van der Waals surface area contributed by atoms with Crippen LogP contribution in [-0.2, 0) is 6.42 Å². The molecule has 0 amide bonds. The van der Waals surface area contributed by atoms with Gasteiger partial charge < -0.3 is 4.74 Å². The highest BCUT2D eigenvalue weighted by molar-refractivity contribution is 5.98. The number of nitrogens with zero attached hydrogens (tertiary/aromatic N) is 3. The summed E-state index contributed by atoms with van der Waals surface area (Å²) < 4.78 is 7.21. The van der Waals surface area contributed by atoms with Crippen molar-refractivity contribution < 1.29 is 9.53 Å². The molecule has 1 fully saturated rings. The third-order valence-electron chi connectivity index (χ3n) is 4.19. The first-order valence-electron chi connectivity index (χ1n) is 7.03. The lowest BCUT2D eigenvalue weighted by Crippen LogP contribution is -2.03. The van der Waals surface area contributed by atoms with Gasteiger partial charge in [-0.3, -0.25) is 9.20 Å². The van der Waals surface area contributed by atoms with E-state index in [0.29, 0.717) is 23.3 Å². The van der Waals surface area contributed by atoms with E-state index in [0.717, 1.165) is 24.1 Å². The maximum absolute atomic E-state index is 12.3. The average Bonchev–Trinajstić information content (AvgIpc) is 3.01. The Kier molecular flexibility index (Phi) is 3.00. The van der Waals surface area contributed by atoms with Crippen LogP contribution >= 0.6 is 0 Å². The molecule has 0 aromatic carbocycles. The van der Waals surface area contributed by atoms with Gasteiger partial charge in [0.15, 0.2) is 5.78 Å². The number of ketones is 1. The Labute approximate surface area is 118 Å². The molecule has 1 aliphatic carbocycles. The zero-order chi connectivity index (χ0) is 14.4. The lowest BCUT2D eigenvalue weighted by Gasteiger charge is -2.10. The Morgan fingerprint density at radius 1 is 1.50 bits per heavy atom. The number of imidazole rings is 1. The predicted molar refractivity (Wildman–Crippen MR) is 75.3 cm³/mol. The topological polar surface area (TPSA) is 56.5 Å². The minimum absolute atomic E-state index is 0.138. The van der Waals surface area contributed by atoms with Crippen molar-refractivity contribution in [3.8, 4) is 5.88 Å². The van der Waals surface area contributed by atoms with Gasteiger partial charge in [-0.1, -0.05) is 13.8 Å². The van der Waals surface area contributed by atoms with Crippen LogP contribution < -0.4 is 4.74 Å². The summed E-state index contributed by atoms with van der Waals surface area (Å²) in [4.78, 5) is 21.1. The summed E-state index contributed by atoms with van der Waals surface area (Å²) in [6, 6.07) is 0. The Hall–Kier alpha value is -1.91. The summed E-state index contributed by atoms with van der Waals surface area (Å²) in [6.07, 6.45) is 3.62. The molecule has 0 saturated heterocycles. The van der Waals surface area contributed by atoms with Crippen LogP contribution in [0.1, 0.15) is 42.0 Å². The molecule has 2 heterocycles. The van der Waals surface area contributed by atoms with E-state index >= 15 is 0 Å². The highest BCUT2D eigenvalue weighted by Crippen LogP contribution is 2.40. The Morgan fingerprint density at radius 3 is 2.75 bits per heavy atom. The number of hydrogen-bond acceptors (Lipinski definition) is 4. The quantitative estimate of drug-likeness (QED) is 0.803. The molecule has 0 spiro atoms. The molecule has 5 nitrogen and oxygen atoms in total. The van der Waals surface area contributed by atoms with Crippen molar-refractivity contribution in [2.24, 2.45) is 11.8 Å². The van der Waals surface area contributed by atoms with Crippen molar-refractivity contribution >= 4 is 11.6 Å². The van der Waals surface area contributed by atoms with Gasteiger partial charge in [-0.25, -0.2) is 4.98 Å². The number of methoxy groups -OCH3 is 1. The van der Waals surface area contributed by atoms with Gasteiger partial charge in [0.25, 0.3) is 0 Å². The van der Waals surface area contributed by atoms with Gasteiger partial charge in [0, 0.05) is 23.4 Å². The lowest BCUT2D eigenvalue weighted by atomic mass is 10.2. The number of carbonyl (C=O) groups excluding carboxylic acids is 1. The van der Waals surface area contributed by atoms with Gasteiger partial charge in [0.05, 0.1) is 7.11 Å². The molecule has 1 aliphatic rings. The molecule has 106 valence electrons. The minimum Gasteiger partial charge on any atom is -0.481 e. The number of hydrogen-bond donors (Lipinski definition) is 0. The van der Waals surface area contributed by atoms with Crippen LogP contribution in [0.4, 0.5) is 0 Å². The van der Waals surface area contributed by atoms with Gasteiger partial charge in [0.2, 0.25) is 11.7 Å². The molecular weight excluding hydrogens is 254 g/mol. The number of rotatable bonds is 4. The van der Waals surface area contributed by atoms with E-state index in [1.165, 1.54) is 0 Å². The first-order chi connectivity index (χ1) is 9.56. The summed E-state index contributed by atoms with van der Waals surface area (Å²) in [5.41, 5.74) is 2.60. The molecule has 1 saturated carbocycles. The van der Waals surface area contributed by atoms with Crippen LogP contribution in [0.5, 0.6) is 5.88 Å². The standard InChI is InChI=1S/C15H19N3O2/c1-5-10-9(3)18-7-12(13(19)11-6-8(11)2)16-15(18)17-14(10)20-4/h7-8,11H,5-6H2,1-4H3/t8-,11-/m1/s1. The molecule has 0 N–H and O–H groups in total. The monoisotopic (exact) mass is 273 g/mol. The maximum Gasteiger partial charge on any atom is 0.237 e. The number of ether oxygens (including phenoxy) is 1. The van der Waals surface area contributed by atoms with Crippen LogP contribution in [0.15, 0.2) is 6.20 Å². The number of carbonyl (C=O) groups is 1. The van der Waals surface area contributed by atoms with E-state index in [2.05, 4.69) is 23.8 Å². The molecule has 0 radical (unpaired) electrons. The second-order valence-corrected chi connectivity index (χ2v) is 5.52. The largest absolute Gasteiger partial charge is 0.481 e. The van der Waals surface area contributed by atoms with E-state index in [-0.39, 0.29) is 11.7 Å². The van der Waals surface area contributed by atoms with E-state index in [1.54, 1.807) is 7.11 Å². The minimum atomic E-state index is 0.138. The Bertz CT molecular complexity index is 690. The van der Waals surface area contributed by atoms with E-state index in [9.17, 15) is 4.79 Å². The number of fused-ring (bicyclic) bond motifs is 1. The van der Waals surface area contributed by atoms with Gasteiger partial charge >= 0.3 is 0 Å². The summed E-state index contributed by atoms with van der Waals surface area (Å²) >= 11 is 0. The van der Waals surface area contributed by atoms with Crippen molar-refractivity contribution in [2.75, 3.05) is 7.11 Å². The fourth-order valence-electron chi connectivity index (χ4n) is 2.73. The Balaban J connectivity index is 2.11. The molecule has 3 rings (SSSR count). The highest BCUT2D eigenvalue weighted by atomic mass is 16.5. The Morgan fingerprint density at radius 2 is 2.20 bits per heavy atom. The van der Waals surface area contributed by atoms with E-state index in [4.69, 9.17) is 4.74 Å². The fraction of sp³-hybridized carbons (Fsp3) is 0.533. The van der Waals surface area contributed by atoms with Crippen molar-refractivity contribution in [3.05, 3.63) is 23.1 Å². The smallest absolute Gasteiger partial charge is 0.237 e. The zero-order valence-corrected chi connectivity index (χ0v) is 12.3. The first-order valence-corrected chi connectivity index (χ1v) is 7.03. The number of Topliss-reactive ketones (excluding diaryl/α,β-unsaturated/α-hetero) is 1. The molecule has 5 heteroatoms. The SMILES string of the molecule is CCc1c(OC)nc2nc(C(=O)[C@@H]3C[C@H]3C)cn2c1C. The molecular formula is C15H19N3O2. The van der Waals surface area contributed by atoms with Crippen LogP contribution in [-0.4, -0.2) is 27.3 Å². The van der Waals surface area contributed by atoms with Crippen molar-refractivity contribution in [3.63, 3.8) is 0 Å². The van der Waals surface area contributed by atoms with E-state index < -0.39 is 0 Å². The third-order valence-corrected chi connectivity index (χ3v) is 4.19. The molecule has 2 atom stereocenters. The predicted octanol–water partition coefficient (Wildman–Crippen LogP) is 2.45. The summed E-state index contributed by atoms with van der Waals surface area (Å²) in [5.74, 6) is 1.91. The maximum atomic E-state index is 12.3. The third kappa shape index (κ3) is 1.88. The van der Waals surface area contributed by atoms with Crippen LogP contribution in [0.3, 0.4) is 0 Å². The van der Waals surface area contributed by atoms with Crippen molar-refractivity contribution in [1.29, 1.82) is 0 Å². The van der Waals surface area contributed by atoms with E-state index in [1.807, 2.05) is 17.5 Å². The number of aryl methyl sites for hydroxylation is 1. The number of aromatic nitrogens is 3. The molecule has 0 bridgehead atoms. The van der Waals surface area contributed by atoms with Gasteiger partial charge in [0.1, 0.15) is 5.69 Å². The zero-order valence-electron chi connectivity index (χ0n) is 12.3. The highest BCUT2D eigenvalue weighted by Gasteiger charge is 2.40. The lowest BCUT2D eigenvalue weighted by molar-refractivity contribution is 0.0958. The van der Waals surface area contributed by atoms with Crippen LogP contribution in [0.25, 0.3) is 5.78 Å². The van der Waals surface area contributed by atoms with Crippen molar-refractivity contribution in [2.45, 2.75) is 33.6 Å². The van der Waals surface area contributed by atoms with Crippen molar-refractivity contribution in [1.82, 2.24) is 14.4 Å². The van der Waals surface area contributed by atoms with Gasteiger partial charge in [-0.2, -0.15) is 4.98 Å². The summed E-state index contributed by atoms with van der Waals surface area (Å²) in [6.45, 7) is 6.17. The van der Waals surface area contributed by atoms with Gasteiger partial charge in [-0.05, 0) is 25.7 Å². The van der Waals surface area contributed by atoms with Crippen LogP contribution in [0, 0.1) is 18.8 Å². The molecule has 0 aliphatic heterocycles. The summed E-state index contributed by atoms with van der Waals surface area (Å²) in [7, 11) is 1.61. The average molecular weight is 273 g/mol.